The first-order valence-corrected chi connectivity index (χ1v) is 41.0. The molecule has 6 aliphatic rings. The fourth-order valence-electron chi connectivity index (χ4n) is 19.8. The van der Waals surface area contributed by atoms with Gasteiger partial charge in [0.2, 0.25) is 9.84 Å². The lowest BCUT2D eigenvalue weighted by Gasteiger charge is -2.49. The zero-order chi connectivity index (χ0) is 78.7. The maximum atomic E-state index is 13.9. The molecule has 4 aliphatic heterocycles. The van der Waals surface area contributed by atoms with Crippen molar-refractivity contribution < 1.29 is 8.42 Å². The Hall–Kier alpha value is -14.4. The van der Waals surface area contributed by atoms with E-state index in [1.807, 2.05) is 54.6 Å². The highest BCUT2D eigenvalue weighted by Crippen LogP contribution is 2.65. The number of nitriles is 2. The number of benzene rings is 16. The quantitative estimate of drug-likeness (QED) is 0.163. The van der Waals surface area contributed by atoms with E-state index in [1.54, 1.807) is 24.3 Å². The van der Waals surface area contributed by atoms with E-state index in [0.717, 1.165) is 91.0 Å². The van der Waals surface area contributed by atoms with Crippen molar-refractivity contribution in [2.24, 2.45) is 0 Å². The molecule has 2 aliphatic carbocycles. The second-order valence-corrected chi connectivity index (χ2v) is 33.6. The summed E-state index contributed by atoms with van der Waals surface area (Å²) >= 11 is 0. The van der Waals surface area contributed by atoms with Crippen LogP contribution in [0.1, 0.15) is 117 Å². The highest BCUT2D eigenvalue weighted by atomic mass is 32.2. The monoisotopic (exact) mass is 1510 g/mol. The third kappa shape index (κ3) is 10.7. The minimum absolute atomic E-state index is 0.159. The van der Waals surface area contributed by atoms with Crippen LogP contribution in [0.15, 0.2) is 398 Å². The Morgan fingerprint density at radius 2 is 0.483 bits per heavy atom. The number of sulfone groups is 1. The number of anilines is 12. The normalized spacial score (nSPS) is 14.8. The maximum absolute atomic E-state index is 13.9. The van der Waals surface area contributed by atoms with Gasteiger partial charge in [-0.3, -0.25) is 0 Å². The topological polar surface area (TPSA) is 94.7 Å². The van der Waals surface area contributed by atoms with Crippen LogP contribution < -0.4 is 19.6 Å². The van der Waals surface area contributed by atoms with Crippen LogP contribution in [0.3, 0.4) is 0 Å². The molecule has 0 atom stereocenters. The molecular weight excluding hydrogens is 1430 g/mol. The van der Waals surface area contributed by atoms with E-state index in [9.17, 15) is 18.9 Å². The van der Waals surface area contributed by atoms with Crippen molar-refractivity contribution in [1.29, 1.82) is 10.5 Å². The predicted octanol–water partition coefficient (Wildman–Crippen LogP) is 26.1. The fourth-order valence-corrected chi connectivity index (χ4v) is 21.1. The van der Waals surface area contributed by atoms with Crippen molar-refractivity contribution in [2.75, 3.05) is 19.6 Å². The van der Waals surface area contributed by atoms with Crippen molar-refractivity contribution in [3.05, 3.63) is 477 Å². The predicted molar refractivity (Wildman–Crippen MR) is 469 cm³/mol. The Kier molecular flexibility index (Phi) is 16.8. The Morgan fingerprint density at radius 1 is 0.250 bits per heavy atom. The molecule has 9 heteroatoms. The molecule has 0 N–H and O–H groups in total. The summed E-state index contributed by atoms with van der Waals surface area (Å²) in [5, 5.41) is 19.7. The van der Waals surface area contributed by atoms with Gasteiger partial charge >= 0.3 is 0 Å². The fraction of sp³-hybridized carbons (Fsp3) is 0.0841. The van der Waals surface area contributed by atoms with E-state index >= 15 is 0 Å². The van der Waals surface area contributed by atoms with Crippen LogP contribution in [0.25, 0.3) is 11.1 Å². The molecule has 0 unspecified atom stereocenters. The van der Waals surface area contributed by atoms with Crippen molar-refractivity contribution >= 4 is 78.1 Å². The highest BCUT2D eigenvalue weighted by Gasteiger charge is 2.53. The van der Waals surface area contributed by atoms with Gasteiger partial charge in [0.25, 0.3) is 0 Å². The van der Waals surface area contributed by atoms with Gasteiger partial charge in [-0.05, 0) is 241 Å². The average molecular weight is 1510 g/mol. The first-order chi connectivity index (χ1) is 56.8. The van der Waals surface area contributed by atoms with Crippen LogP contribution in [0, 0.1) is 22.7 Å². The summed E-state index contributed by atoms with van der Waals surface area (Å²) in [6.45, 7) is 9.03. The molecule has 0 fully saturated rings. The van der Waals surface area contributed by atoms with Gasteiger partial charge in [0.1, 0.15) is 0 Å². The summed E-state index contributed by atoms with van der Waals surface area (Å²) in [4.78, 5) is 9.74. The van der Waals surface area contributed by atoms with Gasteiger partial charge in [0, 0.05) is 33.6 Å². The summed E-state index contributed by atoms with van der Waals surface area (Å²) in [7, 11) is -3.75. The van der Waals surface area contributed by atoms with Gasteiger partial charge in [-0.15, -0.1) is 0 Å². The molecule has 0 saturated heterocycles. The van der Waals surface area contributed by atoms with Gasteiger partial charge in [0.05, 0.1) is 89.4 Å². The third-order valence-corrected chi connectivity index (χ3v) is 26.7. The van der Waals surface area contributed by atoms with Crippen molar-refractivity contribution in [3.63, 3.8) is 0 Å². The van der Waals surface area contributed by atoms with Crippen LogP contribution in [-0.4, -0.2) is 8.42 Å². The Labute approximate surface area is 678 Å². The standard InChI is InChI=1S/C42H36N2O2S.C33H19N3.C32H23N/c1-41(2)33-13-5-9-17-37(33)43(38-18-10-6-14-34(38)41)29-21-25-31(26-22-29)47(45,46)32-27-23-30(24-28-32)44-39-19-11-7-15-35(39)42(3,4)36-16-8-12-20-40(36)44;34-20-22-14-16-25-26-17-15-23(21-35)19-30(26)33(29(25)18-22)27-10-4-6-12-31(27)36(24-8-2-1-3-9-24)32-13-7-5-11-28(32)33;1-2-14-25(15-3-1)33-30-20-10-8-18-28(30)32(29-19-9-11-21-31(29)33)26-16-6-4-12-23(26)22-24-13-5-7-17-27(24)32/h5-28H,1-4H3;1-19H;1-21H,22H2. The first kappa shape index (κ1) is 70.7. The second-order valence-electron chi connectivity index (χ2n) is 31.6. The van der Waals surface area contributed by atoms with E-state index in [1.165, 1.54) is 72.7 Å². The average Bonchev–Trinajstić information content (AvgIpc) is 1.64. The molecule has 16 aromatic rings. The van der Waals surface area contributed by atoms with Crippen LogP contribution >= 0.6 is 0 Å². The molecule has 8 nitrogen and oxygen atoms in total. The summed E-state index contributed by atoms with van der Waals surface area (Å²) in [6.07, 6.45) is 0.973. The lowest BCUT2D eigenvalue weighted by molar-refractivity contribution is 0.596. The van der Waals surface area contributed by atoms with Crippen LogP contribution in [0.5, 0.6) is 0 Å². The van der Waals surface area contributed by atoms with Gasteiger partial charge in [-0.25, -0.2) is 8.42 Å². The zero-order valence-electron chi connectivity index (χ0n) is 64.6. The molecule has 0 radical (unpaired) electrons. The van der Waals surface area contributed by atoms with Crippen molar-refractivity contribution in [1.82, 2.24) is 0 Å². The Bertz CT molecular complexity index is 6370. The van der Waals surface area contributed by atoms with E-state index in [-0.39, 0.29) is 26.0 Å². The summed E-state index contributed by atoms with van der Waals surface area (Å²) < 4.78 is 27.9. The lowest BCUT2D eigenvalue weighted by atomic mass is 9.58. The summed E-state index contributed by atoms with van der Waals surface area (Å²) in [5.74, 6) is 0. The molecule has 22 rings (SSSR count). The van der Waals surface area contributed by atoms with Gasteiger partial charge in [-0.1, -0.05) is 270 Å². The van der Waals surface area contributed by atoms with E-state index in [4.69, 9.17) is 0 Å². The molecule has 4 heterocycles. The van der Waals surface area contributed by atoms with Gasteiger partial charge in [-0.2, -0.15) is 10.5 Å². The second kappa shape index (κ2) is 27.5. The largest absolute Gasteiger partial charge is 0.310 e. The Balaban J connectivity index is 0.000000114. The van der Waals surface area contributed by atoms with Crippen LogP contribution in [0.4, 0.5) is 68.2 Å². The first-order valence-electron chi connectivity index (χ1n) is 39.5. The van der Waals surface area contributed by atoms with Gasteiger partial charge in [0.15, 0.2) is 0 Å². The molecule has 0 bridgehead atoms. The molecule has 2 spiro atoms. The molecule has 116 heavy (non-hydrogen) atoms. The molecule has 16 aromatic carbocycles. The Morgan fingerprint density at radius 3 is 0.776 bits per heavy atom. The van der Waals surface area contributed by atoms with E-state index in [2.05, 4.69) is 369 Å². The SMILES string of the molecule is CC1(C)c2ccccc2N(c2ccc(S(=O)(=O)c3ccc(N4c5ccccc5C(C)(C)c5ccccc54)cc3)cc2)c2ccccc21.N#Cc1ccc2c(c1)C1(c3cc(C#N)ccc3-2)c2ccccc2N(c2ccccc2)c2ccccc21.c1ccc(N2c3ccccc3C3(c4ccccc4Cc4ccccc43)c3ccccc32)cc1. The molecule has 0 aromatic heterocycles. The minimum atomic E-state index is -3.75. The maximum Gasteiger partial charge on any atom is 0.206 e. The number of hydrogen-bond donors (Lipinski definition) is 0. The van der Waals surface area contributed by atoms with Crippen molar-refractivity contribution in [3.8, 4) is 23.3 Å². The molecule has 0 amide bonds. The number of nitrogens with zero attached hydrogens (tertiary/aromatic N) is 6. The van der Waals surface area contributed by atoms with Crippen LogP contribution in [0.2, 0.25) is 0 Å². The smallest absolute Gasteiger partial charge is 0.206 e. The van der Waals surface area contributed by atoms with Crippen LogP contribution in [-0.2, 0) is 37.9 Å². The molecule has 0 saturated carbocycles. The third-order valence-electron chi connectivity index (χ3n) is 24.9. The minimum Gasteiger partial charge on any atom is -0.310 e. The van der Waals surface area contributed by atoms with Gasteiger partial charge < -0.3 is 19.6 Å². The molecular formula is C107H78N6O2S. The molecule has 554 valence electrons. The van der Waals surface area contributed by atoms with E-state index in [0.29, 0.717) is 11.1 Å². The highest BCUT2D eigenvalue weighted by molar-refractivity contribution is 7.91. The zero-order valence-corrected chi connectivity index (χ0v) is 65.4. The van der Waals surface area contributed by atoms with E-state index < -0.39 is 15.3 Å². The number of para-hydroxylation sites is 10. The number of rotatable bonds is 6. The lowest BCUT2D eigenvalue weighted by Crippen LogP contribution is -2.41. The summed E-state index contributed by atoms with van der Waals surface area (Å²) in [5.41, 5.74) is 33.0. The summed E-state index contributed by atoms with van der Waals surface area (Å²) in [6, 6.07) is 139. The number of hydrogen-bond acceptors (Lipinski definition) is 8. The number of fused-ring (bicyclic) bond motifs is 21. The van der Waals surface area contributed by atoms with Crippen molar-refractivity contribution in [2.45, 2.75) is 65.6 Å².